The molecule has 102 valence electrons. The van der Waals surface area contributed by atoms with E-state index in [4.69, 9.17) is 5.73 Å². The van der Waals surface area contributed by atoms with Crippen molar-refractivity contribution in [3.8, 4) is 0 Å². The summed E-state index contributed by atoms with van der Waals surface area (Å²) in [7, 11) is 0. The SMILES string of the molecule is Cc1ccc(C(=O)NCCC2=CCCCC2)cc1N. The van der Waals surface area contributed by atoms with Crippen LogP contribution in [0.3, 0.4) is 0 Å². The molecule has 0 unspecified atom stereocenters. The lowest BCUT2D eigenvalue weighted by Gasteiger charge is -2.13. The lowest BCUT2D eigenvalue weighted by Crippen LogP contribution is -2.25. The number of nitrogens with one attached hydrogen (secondary N) is 1. The van der Waals surface area contributed by atoms with Crippen molar-refractivity contribution >= 4 is 11.6 Å². The zero-order valence-electron chi connectivity index (χ0n) is 11.5. The van der Waals surface area contributed by atoms with E-state index >= 15 is 0 Å². The summed E-state index contributed by atoms with van der Waals surface area (Å²) in [6.45, 7) is 2.64. The number of nitrogens with two attached hydrogens (primary N) is 1. The number of allylic oxidation sites excluding steroid dienone is 1. The average Bonchev–Trinajstić information content (AvgIpc) is 2.43. The second-order valence-electron chi connectivity index (χ2n) is 5.19. The number of hydrogen-bond acceptors (Lipinski definition) is 2. The van der Waals surface area contributed by atoms with Gasteiger partial charge in [-0.1, -0.05) is 17.7 Å². The van der Waals surface area contributed by atoms with Crippen LogP contribution in [0.2, 0.25) is 0 Å². The fourth-order valence-corrected chi connectivity index (χ4v) is 2.35. The summed E-state index contributed by atoms with van der Waals surface area (Å²) in [4.78, 5) is 12.0. The number of carbonyl (C=O) groups is 1. The Hall–Kier alpha value is -1.77. The third-order valence-electron chi connectivity index (χ3n) is 3.66. The van der Waals surface area contributed by atoms with Crippen molar-refractivity contribution in [3.05, 3.63) is 41.0 Å². The third-order valence-corrected chi connectivity index (χ3v) is 3.66. The molecule has 0 saturated carbocycles. The van der Waals surface area contributed by atoms with Gasteiger partial charge in [0.2, 0.25) is 0 Å². The summed E-state index contributed by atoms with van der Waals surface area (Å²) in [5.41, 5.74) is 9.61. The molecule has 0 aliphatic heterocycles. The first-order chi connectivity index (χ1) is 9.16. The molecule has 1 aromatic carbocycles. The molecule has 1 aliphatic rings. The molecule has 0 bridgehead atoms. The maximum atomic E-state index is 12.0. The van der Waals surface area contributed by atoms with Crippen LogP contribution in [0.4, 0.5) is 5.69 Å². The first-order valence-corrected chi connectivity index (χ1v) is 6.99. The summed E-state index contributed by atoms with van der Waals surface area (Å²) in [6, 6.07) is 5.44. The number of anilines is 1. The minimum absolute atomic E-state index is 0.0388. The number of hydrogen-bond donors (Lipinski definition) is 2. The monoisotopic (exact) mass is 258 g/mol. The molecule has 2 rings (SSSR count). The van der Waals surface area contributed by atoms with E-state index in [1.807, 2.05) is 19.1 Å². The first-order valence-electron chi connectivity index (χ1n) is 6.99. The minimum Gasteiger partial charge on any atom is -0.398 e. The second kappa shape index (κ2) is 6.41. The van der Waals surface area contributed by atoms with Gasteiger partial charge in [-0.15, -0.1) is 0 Å². The van der Waals surface area contributed by atoms with E-state index in [0.717, 1.165) is 12.0 Å². The Morgan fingerprint density at radius 2 is 2.21 bits per heavy atom. The van der Waals surface area contributed by atoms with Gasteiger partial charge in [0.15, 0.2) is 0 Å². The number of aryl methyl sites for hydroxylation is 1. The average molecular weight is 258 g/mol. The van der Waals surface area contributed by atoms with Gasteiger partial charge in [-0.05, 0) is 56.7 Å². The highest BCUT2D eigenvalue weighted by Crippen LogP contribution is 2.19. The third kappa shape index (κ3) is 3.85. The van der Waals surface area contributed by atoms with Gasteiger partial charge in [0.05, 0.1) is 0 Å². The molecular weight excluding hydrogens is 236 g/mol. The van der Waals surface area contributed by atoms with Crippen molar-refractivity contribution in [2.45, 2.75) is 39.0 Å². The molecule has 0 aromatic heterocycles. The van der Waals surface area contributed by atoms with Crippen LogP contribution in [-0.2, 0) is 0 Å². The van der Waals surface area contributed by atoms with E-state index < -0.39 is 0 Å². The van der Waals surface area contributed by atoms with Crippen LogP contribution < -0.4 is 11.1 Å². The molecule has 19 heavy (non-hydrogen) atoms. The zero-order valence-corrected chi connectivity index (χ0v) is 11.5. The first kappa shape index (κ1) is 13.7. The van der Waals surface area contributed by atoms with Crippen LogP contribution in [0.25, 0.3) is 0 Å². The van der Waals surface area contributed by atoms with Gasteiger partial charge < -0.3 is 11.1 Å². The van der Waals surface area contributed by atoms with Crippen LogP contribution in [0.1, 0.15) is 48.0 Å². The molecule has 3 heteroatoms. The predicted octanol–water partition coefficient (Wildman–Crippen LogP) is 3.20. The van der Waals surface area contributed by atoms with Crippen molar-refractivity contribution in [2.75, 3.05) is 12.3 Å². The molecule has 0 heterocycles. The molecule has 1 amide bonds. The second-order valence-corrected chi connectivity index (χ2v) is 5.19. The standard InChI is InChI=1S/C16H22N2O/c1-12-7-8-14(11-15(12)17)16(19)18-10-9-13-5-3-2-4-6-13/h5,7-8,11H,2-4,6,9-10,17H2,1H3,(H,18,19). The maximum absolute atomic E-state index is 12.0. The van der Waals surface area contributed by atoms with Crippen molar-refractivity contribution in [2.24, 2.45) is 0 Å². The molecule has 3 N–H and O–H groups in total. The number of rotatable bonds is 4. The summed E-state index contributed by atoms with van der Waals surface area (Å²) in [5, 5.41) is 2.96. The number of nitrogen functional groups attached to an aromatic ring is 1. The van der Waals surface area contributed by atoms with Gasteiger partial charge in [-0.25, -0.2) is 0 Å². The van der Waals surface area contributed by atoms with Gasteiger partial charge in [0, 0.05) is 17.8 Å². The number of carbonyl (C=O) groups excluding carboxylic acids is 1. The van der Waals surface area contributed by atoms with Crippen molar-refractivity contribution in [1.29, 1.82) is 0 Å². The predicted molar refractivity (Wildman–Crippen MR) is 79.1 cm³/mol. The zero-order chi connectivity index (χ0) is 13.7. The van der Waals surface area contributed by atoms with Crippen LogP contribution in [0.15, 0.2) is 29.8 Å². The van der Waals surface area contributed by atoms with Crippen LogP contribution in [0.5, 0.6) is 0 Å². The summed E-state index contributed by atoms with van der Waals surface area (Å²) in [5.74, 6) is -0.0388. The molecule has 0 atom stereocenters. The van der Waals surface area contributed by atoms with Crippen molar-refractivity contribution < 1.29 is 4.79 Å². The molecule has 1 aromatic rings. The highest BCUT2D eigenvalue weighted by atomic mass is 16.1. The Morgan fingerprint density at radius 1 is 1.37 bits per heavy atom. The Balaban J connectivity index is 1.83. The van der Waals surface area contributed by atoms with Gasteiger partial charge >= 0.3 is 0 Å². The smallest absolute Gasteiger partial charge is 0.251 e. The quantitative estimate of drug-likeness (QED) is 0.643. The minimum atomic E-state index is -0.0388. The number of benzene rings is 1. The molecule has 0 saturated heterocycles. The Morgan fingerprint density at radius 3 is 2.89 bits per heavy atom. The van der Waals surface area contributed by atoms with Gasteiger partial charge in [0.25, 0.3) is 5.91 Å². The molecule has 0 spiro atoms. The lowest BCUT2D eigenvalue weighted by atomic mass is 9.97. The Labute approximate surface area is 114 Å². The molecule has 0 radical (unpaired) electrons. The van der Waals surface area contributed by atoms with Crippen LogP contribution in [0, 0.1) is 6.92 Å². The van der Waals surface area contributed by atoms with Crippen molar-refractivity contribution in [3.63, 3.8) is 0 Å². The molecule has 0 fully saturated rings. The van der Waals surface area contributed by atoms with E-state index in [1.54, 1.807) is 6.07 Å². The van der Waals surface area contributed by atoms with Crippen LogP contribution in [-0.4, -0.2) is 12.5 Å². The van der Waals surface area contributed by atoms with Gasteiger partial charge in [-0.3, -0.25) is 4.79 Å². The normalized spacial score (nSPS) is 14.9. The van der Waals surface area contributed by atoms with Crippen molar-refractivity contribution in [1.82, 2.24) is 5.32 Å². The fraction of sp³-hybridized carbons (Fsp3) is 0.438. The summed E-state index contributed by atoms with van der Waals surface area (Å²) in [6.07, 6.45) is 8.25. The van der Waals surface area contributed by atoms with E-state index in [2.05, 4.69) is 11.4 Å². The summed E-state index contributed by atoms with van der Waals surface area (Å²) < 4.78 is 0. The van der Waals surface area contributed by atoms with E-state index in [1.165, 1.54) is 31.3 Å². The molecular formula is C16H22N2O. The molecule has 1 aliphatic carbocycles. The van der Waals surface area contributed by atoms with Gasteiger partial charge in [0.1, 0.15) is 0 Å². The lowest BCUT2D eigenvalue weighted by molar-refractivity contribution is 0.0954. The van der Waals surface area contributed by atoms with E-state index in [9.17, 15) is 4.79 Å². The summed E-state index contributed by atoms with van der Waals surface area (Å²) >= 11 is 0. The number of amides is 1. The topological polar surface area (TPSA) is 55.1 Å². The Kier molecular flexibility index (Phi) is 4.61. The highest BCUT2D eigenvalue weighted by Gasteiger charge is 2.08. The van der Waals surface area contributed by atoms with E-state index in [0.29, 0.717) is 17.8 Å². The Bertz CT molecular complexity index is 492. The fourth-order valence-electron chi connectivity index (χ4n) is 2.35. The largest absolute Gasteiger partial charge is 0.398 e. The molecule has 3 nitrogen and oxygen atoms in total. The van der Waals surface area contributed by atoms with Gasteiger partial charge in [-0.2, -0.15) is 0 Å². The van der Waals surface area contributed by atoms with E-state index in [-0.39, 0.29) is 5.91 Å². The van der Waals surface area contributed by atoms with Crippen LogP contribution >= 0.6 is 0 Å². The maximum Gasteiger partial charge on any atom is 0.251 e. The highest BCUT2D eigenvalue weighted by molar-refractivity contribution is 5.95.